The molecule has 180 valence electrons. The lowest BCUT2D eigenvalue weighted by Gasteiger charge is -2.32. The molecule has 1 aliphatic rings. The molecule has 8 nitrogen and oxygen atoms in total. The van der Waals surface area contributed by atoms with Gasteiger partial charge >= 0.3 is 0 Å². The SMILES string of the molecule is COCC1CN(Sc2cc(C(=O)NCc3c(F)ccc4occc34)n(C)c2C)CC(C=N)=C1N. The van der Waals surface area contributed by atoms with E-state index in [-0.39, 0.29) is 18.4 Å². The van der Waals surface area contributed by atoms with Gasteiger partial charge in [-0.05, 0) is 43.1 Å². The summed E-state index contributed by atoms with van der Waals surface area (Å²) in [5, 5.41) is 11.2. The molecule has 1 amide bonds. The molecular weight excluding hydrogens is 457 g/mol. The monoisotopic (exact) mass is 485 g/mol. The highest BCUT2D eigenvalue weighted by Gasteiger charge is 2.27. The first-order chi connectivity index (χ1) is 16.3. The van der Waals surface area contributed by atoms with Crippen LogP contribution in [0.4, 0.5) is 4.39 Å². The molecule has 34 heavy (non-hydrogen) atoms. The van der Waals surface area contributed by atoms with Gasteiger partial charge in [0.2, 0.25) is 0 Å². The predicted octanol–water partition coefficient (Wildman–Crippen LogP) is 3.60. The number of furan rings is 1. The van der Waals surface area contributed by atoms with Gasteiger partial charge in [-0.1, -0.05) is 0 Å². The number of rotatable bonds is 8. The minimum atomic E-state index is -0.390. The van der Waals surface area contributed by atoms with E-state index in [0.29, 0.717) is 47.6 Å². The van der Waals surface area contributed by atoms with Crippen molar-refractivity contribution in [3.05, 3.63) is 64.6 Å². The normalized spacial score (nSPS) is 16.9. The van der Waals surface area contributed by atoms with Gasteiger partial charge in [0.15, 0.2) is 0 Å². The van der Waals surface area contributed by atoms with E-state index in [1.807, 2.05) is 24.6 Å². The van der Waals surface area contributed by atoms with Crippen molar-refractivity contribution >= 4 is 35.0 Å². The zero-order chi connectivity index (χ0) is 24.4. The van der Waals surface area contributed by atoms with Crippen LogP contribution in [0.15, 0.2) is 51.1 Å². The summed E-state index contributed by atoms with van der Waals surface area (Å²) in [7, 11) is 3.46. The number of carbonyl (C=O) groups is 1. The minimum absolute atomic E-state index is 0.00448. The Kier molecular flexibility index (Phi) is 7.11. The molecule has 3 heterocycles. The number of nitrogens with zero attached hydrogens (tertiary/aromatic N) is 2. The Bertz CT molecular complexity index is 1270. The van der Waals surface area contributed by atoms with Crippen molar-refractivity contribution in [1.29, 1.82) is 5.41 Å². The maximum Gasteiger partial charge on any atom is 0.268 e. The number of methoxy groups -OCH3 is 1. The third-order valence-corrected chi connectivity index (χ3v) is 7.33. The highest BCUT2D eigenvalue weighted by molar-refractivity contribution is 7.97. The van der Waals surface area contributed by atoms with Crippen LogP contribution in [0.2, 0.25) is 0 Å². The van der Waals surface area contributed by atoms with Crippen LogP contribution in [0.5, 0.6) is 0 Å². The summed E-state index contributed by atoms with van der Waals surface area (Å²) in [6.07, 6.45) is 2.80. The van der Waals surface area contributed by atoms with Crippen molar-refractivity contribution in [2.45, 2.75) is 18.4 Å². The molecule has 1 unspecified atom stereocenters. The van der Waals surface area contributed by atoms with E-state index >= 15 is 0 Å². The fourth-order valence-corrected chi connectivity index (χ4v) is 5.30. The van der Waals surface area contributed by atoms with Gasteiger partial charge in [-0.2, -0.15) is 0 Å². The number of hydrogen-bond acceptors (Lipinski definition) is 7. The predicted molar refractivity (Wildman–Crippen MR) is 130 cm³/mol. The molecule has 0 bridgehead atoms. The van der Waals surface area contributed by atoms with Gasteiger partial charge in [-0.15, -0.1) is 0 Å². The fourth-order valence-electron chi connectivity index (χ4n) is 4.13. The highest BCUT2D eigenvalue weighted by atomic mass is 32.2. The highest BCUT2D eigenvalue weighted by Crippen LogP contribution is 2.33. The molecule has 1 aromatic carbocycles. The van der Waals surface area contributed by atoms with E-state index in [1.54, 1.807) is 19.2 Å². The molecule has 0 saturated carbocycles. The molecule has 0 aliphatic carbocycles. The van der Waals surface area contributed by atoms with Gasteiger partial charge in [0.1, 0.15) is 17.1 Å². The molecule has 4 N–H and O–H groups in total. The smallest absolute Gasteiger partial charge is 0.268 e. The third-order valence-electron chi connectivity index (χ3n) is 6.19. The summed E-state index contributed by atoms with van der Waals surface area (Å²) < 4.78 is 29.0. The van der Waals surface area contributed by atoms with E-state index in [9.17, 15) is 9.18 Å². The number of nitrogens with two attached hydrogens (primary N) is 1. The summed E-state index contributed by atoms with van der Waals surface area (Å²) in [6.45, 7) is 3.67. The number of amides is 1. The van der Waals surface area contributed by atoms with Crippen LogP contribution in [-0.2, 0) is 18.3 Å². The minimum Gasteiger partial charge on any atom is -0.464 e. The number of hydrogen-bond donors (Lipinski definition) is 3. The lowest BCUT2D eigenvalue weighted by atomic mass is 9.98. The molecule has 3 aromatic rings. The van der Waals surface area contributed by atoms with Crippen LogP contribution in [0, 0.1) is 24.1 Å². The zero-order valence-corrected chi connectivity index (χ0v) is 20.2. The van der Waals surface area contributed by atoms with Gasteiger partial charge in [-0.3, -0.25) is 4.79 Å². The quantitative estimate of drug-likeness (QED) is 0.332. The number of benzene rings is 1. The first-order valence-corrected chi connectivity index (χ1v) is 11.6. The molecule has 4 rings (SSSR count). The first kappa shape index (κ1) is 24.1. The Hall–Kier alpha value is -3.08. The Morgan fingerprint density at radius 2 is 2.24 bits per heavy atom. The average Bonchev–Trinajstić information content (AvgIpc) is 3.40. The molecule has 0 radical (unpaired) electrons. The van der Waals surface area contributed by atoms with Crippen molar-refractivity contribution in [2.75, 3.05) is 26.8 Å². The number of aromatic nitrogens is 1. The molecule has 0 fully saturated rings. The maximum atomic E-state index is 14.4. The summed E-state index contributed by atoms with van der Waals surface area (Å²) in [4.78, 5) is 13.9. The van der Waals surface area contributed by atoms with E-state index in [1.165, 1.54) is 30.5 Å². The second kappa shape index (κ2) is 10.0. The number of nitrogens with one attached hydrogen (secondary N) is 2. The van der Waals surface area contributed by atoms with Crippen LogP contribution in [0.3, 0.4) is 0 Å². The van der Waals surface area contributed by atoms with Crippen molar-refractivity contribution < 1.29 is 18.3 Å². The van der Waals surface area contributed by atoms with Crippen LogP contribution in [0.1, 0.15) is 21.7 Å². The molecular formula is C24H28FN5O3S. The van der Waals surface area contributed by atoms with Crippen LogP contribution in [0.25, 0.3) is 11.0 Å². The summed E-state index contributed by atoms with van der Waals surface area (Å²) >= 11 is 1.53. The first-order valence-electron chi connectivity index (χ1n) is 10.8. The van der Waals surface area contributed by atoms with Gasteiger partial charge in [0.25, 0.3) is 5.91 Å². The molecule has 1 atom stereocenters. The van der Waals surface area contributed by atoms with Crippen LogP contribution in [-0.4, -0.2) is 47.8 Å². The lowest BCUT2D eigenvalue weighted by molar-refractivity contribution is 0.0942. The second-order valence-electron chi connectivity index (χ2n) is 8.27. The number of ether oxygens (including phenoxy) is 1. The van der Waals surface area contributed by atoms with Crippen molar-refractivity contribution in [3.8, 4) is 0 Å². The number of fused-ring (bicyclic) bond motifs is 1. The van der Waals surface area contributed by atoms with Crippen molar-refractivity contribution in [3.63, 3.8) is 0 Å². The molecule has 0 saturated heterocycles. The van der Waals surface area contributed by atoms with Crippen molar-refractivity contribution in [1.82, 2.24) is 14.2 Å². The maximum absolute atomic E-state index is 14.4. The topological polar surface area (TPSA) is 110 Å². The van der Waals surface area contributed by atoms with Gasteiger partial charge in [0.05, 0.1) is 12.9 Å². The summed E-state index contributed by atoms with van der Waals surface area (Å²) in [5.74, 6) is -0.689. The number of carbonyl (C=O) groups excluding carboxylic acids is 1. The third kappa shape index (κ3) is 4.61. The standard InChI is InChI=1S/C24H28FN5O3S/c1-14-22(34-30-11-15(9-26)23(27)16(12-30)13-32-3)8-20(29(14)2)24(31)28-10-18-17-6-7-33-21(17)5-4-19(18)25/h4-9,16,26H,10-13,27H2,1-3H3,(H,28,31). The van der Waals surface area contributed by atoms with Crippen molar-refractivity contribution in [2.24, 2.45) is 18.7 Å². The molecule has 1 aliphatic heterocycles. The zero-order valence-electron chi connectivity index (χ0n) is 19.4. The second-order valence-corrected chi connectivity index (χ2v) is 9.41. The van der Waals surface area contributed by atoms with E-state index in [0.717, 1.165) is 16.2 Å². The Labute approximate surface area is 201 Å². The van der Waals surface area contributed by atoms with E-state index < -0.39 is 5.82 Å². The average molecular weight is 486 g/mol. The van der Waals surface area contributed by atoms with Gasteiger partial charge in [0, 0.05) is 78.7 Å². The lowest BCUT2D eigenvalue weighted by Crippen LogP contribution is -2.38. The Morgan fingerprint density at radius 3 is 2.97 bits per heavy atom. The van der Waals surface area contributed by atoms with E-state index in [2.05, 4.69) is 9.62 Å². The van der Waals surface area contributed by atoms with E-state index in [4.69, 9.17) is 20.3 Å². The summed E-state index contributed by atoms with van der Waals surface area (Å²) in [6, 6.07) is 6.44. The van der Waals surface area contributed by atoms with Gasteiger partial charge < -0.3 is 30.2 Å². The largest absolute Gasteiger partial charge is 0.464 e. The van der Waals surface area contributed by atoms with Gasteiger partial charge in [-0.25, -0.2) is 8.70 Å². The van der Waals surface area contributed by atoms with Crippen LogP contribution < -0.4 is 11.1 Å². The molecule has 2 aromatic heterocycles. The molecule has 10 heteroatoms. The Balaban J connectivity index is 1.49. The molecule has 0 spiro atoms. The fraction of sp³-hybridized carbons (Fsp3) is 0.333. The van der Waals surface area contributed by atoms with Crippen LogP contribution >= 0.6 is 11.9 Å². The Morgan fingerprint density at radius 1 is 1.44 bits per heavy atom. The number of halogens is 1. The summed E-state index contributed by atoms with van der Waals surface area (Å²) in [5.41, 5.74) is 10.1.